The maximum atomic E-state index is 11.1. The number of non-ortho nitro benzene ring substituents is 1. The molecular formula is C14H8N3O4S-. The van der Waals surface area contributed by atoms with Crippen LogP contribution in [0.2, 0.25) is 0 Å². The van der Waals surface area contributed by atoms with Gasteiger partial charge in [-0.05, 0) is 12.1 Å². The zero-order valence-corrected chi connectivity index (χ0v) is 11.8. The van der Waals surface area contributed by atoms with Gasteiger partial charge in [0, 0.05) is 23.4 Å². The Morgan fingerprint density at radius 3 is 2.73 bits per heavy atom. The second kappa shape index (κ2) is 5.41. The Labute approximate surface area is 128 Å². The number of nitro benzene ring substituents is 1. The molecule has 2 aromatic carbocycles. The van der Waals surface area contributed by atoms with Crippen molar-refractivity contribution in [1.29, 1.82) is 0 Å². The summed E-state index contributed by atoms with van der Waals surface area (Å²) in [6, 6.07) is 10.7. The van der Waals surface area contributed by atoms with Crippen LogP contribution in [0.5, 0.6) is 0 Å². The van der Waals surface area contributed by atoms with E-state index in [9.17, 15) is 20.0 Å². The summed E-state index contributed by atoms with van der Waals surface area (Å²) in [4.78, 5) is 25.6. The number of hydrogen-bond acceptors (Lipinski definition) is 7. The maximum absolute atomic E-state index is 11.1. The summed E-state index contributed by atoms with van der Waals surface area (Å²) >= 11 is 1.20. The molecule has 110 valence electrons. The molecule has 0 amide bonds. The van der Waals surface area contributed by atoms with Gasteiger partial charge in [-0.2, -0.15) is 0 Å². The molecule has 3 rings (SSSR count). The molecule has 0 bridgehead atoms. The number of rotatable bonds is 4. The molecule has 0 saturated heterocycles. The molecule has 0 saturated carbocycles. The Bertz CT molecular complexity index is 891. The number of thiazole rings is 1. The molecule has 7 nitrogen and oxygen atoms in total. The Kier molecular flexibility index (Phi) is 3.43. The van der Waals surface area contributed by atoms with Crippen molar-refractivity contribution in [2.45, 2.75) is 0 Å². The number of carbonyl (C=O) groups is 1. The summed E-state index contributed by atoms with van der Waals surface area (Å²) in [6.45, 7) is 0. The first kappa shape index (κ1) is 14.0. The third-order valence-corrected chi connectivity index (χ3v) is 3.91. The summed E-state index contributed by atoms with van der Waals surface area (Å²) in [5, 5.41) is 25.2. The van der Waals surface area contributed by atoms with Gasteiger partial charge in [-0.1, -0.05) is 29.5 Å². The highest BCUT2D eigenvalue weighted by molar-refractivity contribution is 7.22. The fraction of sp³-hybridized carbons (Fsp3) is 0. The summed E-state index contributed by atoms with van der Waals surface area (Å²) in [7, 11) is 0. The van der Waals surface area contributed by atoms with Crippen molar-refractivity contribution in [2.75, 3.05) is 5.32 Å². The monoisotopic (exact) mass is 314 g/mol. The quantitative estimate of drug-likeness (QED) is 0.584. The van der Waals surface area contributed by atoms with Crippen LogP contribution in [-0.2, 0) is 0 Å². The number of nitrogens with one attached hydrogen (secondary N) is 1. The van der Waals surface area contributed by atoms with Gasteiger partial charge < -0.3 is 15.2 Å². The van der Waals surface area contributed by atoms with Gasteiger partial charge in [0.1, 0.15) is 0 Å². The number of carboxylic acids is 1. The lowest BCUT2D eigenvalue weighted by molar-refractivity contribution is -0.384. The lowest BCUT2D eigenvalue weighted by Crippen LogP contribution is -2.23. The summed E-state index contributed by atoms with van der Waals surface area (Å²) in [6.07, 6.45) is 0. The van der Waals surface area contributed by atoms with Crippen LogP contribution in [0.1, 0.15) is 10.4 Å². The zero-order chi connectivity index (χ0) is 15.7. The van der Waals surface area contributed by atoms with E-state index < -0.39 is 10.9 Å². The molecule has 0 aliphatic carbocycles. The highest BCUT2D eigenvalue weighted by Crippen LogP contribution is 2.31. The third kappa shape index (κ3) is 2.59. The minimum absolute atomic E-state index is 0.0159. The number of aromatic carboxylic acids is 1. The molecule has 0 atom stereocenters. The topological polar surface area (TPSA) is 108 Å². The zero-order valence-electron chi connectivity index (χ0n) is 11.0. The molecule has 0 radical (unpaired) electrons. The van der Waals surface area contributed by atoms with Crippen molar-refractivity contribution in [3.63, 3.8) is 0 Å². The Balaban J connectivity index is 1.98. The van der Waals surface area contributed by atoms with Gasteiger partial charge >= 0.3 is 0 Å². The van der Waals surface area contributed by atoms with Gasteiger partial charge in [-0.15, -0.1) is 0 Å². The first-order chi connectivity index (χ1) is 10.5. The number of carbonyl (C=O) groups excluding carboxylic acids is 1. The van der Waals surface area contributed by atoms with Crippen LogP contribution in [-0.4, -0.2) is 15.9 Å². The fourth-order valence-electron chi connectivity index (χ4n) is 1.97. The lowest BCUT2D eigenvalue weighted by Gasteiger charge is -2.10. The largest absolute Gasteiger partial charge is 0.545 e. The highest BCUT2D eigenvalue weighted by Gasteiger charge is 2.11. The average Bonchev–Trinajstić information content (AvgIpc) is 2.88. The highest BCUT2D eigenvalue weighted by atomic mass is 32.1. The van der Waals surface area contributed by atoms with Crippen molar-refractivity contribution >= 4 is 44.0 Å². The van der Waals surface area contributed by atoms with Crippen LogP contribution >= 0.6 is 11.3 Å². The summed E-state index contributed by atoms with van der Waals surface area (Å²) < 4.78 is 0.641. The van der Waals surface area contributed by atoms with E-state index in [2.05, 4.69) is 10.3 Å². The van der Waals surface area contributed by atoms with E-state index in [0.717, 1.165) is 0 Å². The lowest BCUT2D eigenvalue weighted by atomic mass is 10.2. The predicted octanol–water partition coefficient (Wildman–Crippen LogP) is 2.31. The minimum Gasteiger partial charge on any atom is -0.545 e. The molecule has 8 heteroatoms. The Morgan fingerprint density at radius 1 is 1.23 bits per heavy atom. The molecule has 1 N–H and O–H groups in total. The summed E-state index contributed by atoms with van der Waals surface area (Å²) in [5.74, 6) is -1.29. The standard InChI is InChI=1S/C14H9N3O4S/c18-13(19)9-3-1-2-4-10(9)15-14-16-11-6-5-8(17(20)21)7-12(11)22-14/h1-7H,(H,15,16)(H,18,19)/p-1. The number of fused-ring (bicyclic) bond motifs is 1. The molecule has 22 heavy (non-hydrogen) atoms. The Morgan fingerprint density at radius 2 is 2.00 bits per heavy atom. The molecule has 0 fully saturated rings. The molecule has 1 heterocycles. The van der Waals surface area contributed by atoms with E-state index in [-0.39, 0.29) is 11.3 Å². The number of nitrogens with zero attached hydrogens (tertiary/aromatic N) is 2. The second-order valence-electron chi connectivity index (χ2n) is 4.39. The maximum Gasteiger partial charge on any atom is 0.270 e. The minimum atomic E-state index is -1.29. The molecule has 0 aliphatic heterocycles. The number of nitro groups is 1. The first-order valence-electron chi connectivity index (χ1n) is 6.17. The molecular weight excluding hydrogens is 306 g/mol. The van der Waals surface area contributed by atoms with Crippen LogP contribution in [0.4, 0.5) is 16.5 Å². The molecule has 3 aromatic rings. The fourth-order valence-corrected chi connectivity index (χ4v) is 2.88. The number of aromatic nitrogens is 1. The van der Waals surface area contributed by atoms with Gasteiger partial charge in [-0.25, -0.2) is 4.98 Å². The van der Waals surface area contributed by atoms with Crippen molar-refractivity contribution in [3.05, 3.63) is 58.1 Å². The van der Waals surface area contributed by atoms with Crippen LogP contribution in [0.25, 0.3) is 10.2 Å². The summed E-state index contributed by atoms with van der Waals surface area (Å²) in [5.41, 5.74) is 0.964. The van der Waals surface area contributed by atoms with E-state index in [1.807, 2.05) is 0 Å². The van der Waals surface area contributed by atoms with Crippen molar-refractivity contribution < 1.29 is 14.8 Å². The van der Waals surface area contributed by atoms with Gasteiger partial charge in [0.05, 0.1) is 21.1 Å². The van der Waals surface area contributed by atoms with Gasteiger partial charge in [0.2, 0.25) is 0 Å². The second-order valence-corrected chi connectivity index (χ2v) is 5.42. The van der Waals surface area contributed by atoms with Crippen molar-refractivity contribution in [2.24, 2.45) is 0 Å². The van der Waals surface area contributed by atoms with E-state index in [1.54, 1.807) is 24.3 Å². The van der Waals surface area contributed by atoms with Crippen LogP contribution in [0, 0.1) is 10.1 Å². The van der Waals surface area contributed by atoms with Crippen LogP contribution < -0.4 is 10.4 Å². The number of benzene rings is 2. The van der Waals surface area contributed by atoms with Crippen molar-refractivity contribution in [3.8, 4) is 0 Å². The van der Waals surface area contributed by atoms with Crippen LogP contribution in [0.3, 0.4) is 0 Å². The van der Waals surface area contributed by atoms with Gasteiger partial charge in [0.15, 0.2) is 5.13 Å². The van der Waals surface area contributed by atoms with Crippen LogP contribution in [0.15, 0.2) is 42.5 Å². The SMILES string of the molecule is O=C([O-])c1ccccc1Nc1nc2ccc([N+](=O)[O-])cc2s1. The smallest absolute Gasteiger partial charge is 0.270 e. The first-order valence-corrected chi connectivity index (χ1v) is 6.98. The molecule has 1 aromatic heterocycles. The molecule has 0 aliphatic rings. The van der Waals surface area contributed by atoms with Gasteiger partial charge in [-0.3, -0.25) is 10.1 Å². The molecule has 0 spiro atoms. The van der Waals surface area contributed by atoms with E-state index >= 15 is 0 Å². The third-order valence-electron chi connectivity index (χ3n) is 2.97. The number of para-hydroxylation sites is 1. The van der Waals surface area contributed by atoms with E-state index in [0.29, 0.717) is 21.0 Å². The molecule has 0 unspecified atom stereocenters. The van der Waals surface area contributed by atoms with E-state index in [1.165, 1.54) is 29.5 Å². The normalized spacial score (nSPS) is 10.5. The average molecular weight is 314 g/mol. The van der Waals surface area contributed by atoms with Gasteiger partial charge in [0.25, 0.3) is 5.69 Å². The number of carboxylic acid groups (broad SMARTS) is 1. The Hall–Kier alpha value is -3.00. The van der Waals surface area contributed by atoms with E-state index in [4.69, 9.17) is 0 Å². The van der Waals surface area contributed by atoms with Crippen molar-refractivity contribution in [1.82, 2.24) is 4.98 Å². The number of anilines is 2. The predicted molar refractivity (Wildman–Crippen MR) is 80.3 cm³/mol. The number of hydrogen-bond donors (Lipinski definition) is 1.